The molecule has 0 saturated carbocycles. The number of carbonyl (C=O) groups excluding carboxylic acids is 2. The number of nitro groups is 1. The zero-order chi connectivity index (χ0) is 16.7. The van der Waals surface area contributed by atoms with E-state index in [1.54, 1.807) is 21.0 Å². The first-order chi connectivity index (χ1) is 10.4. The number of rotatable bonds is 7. The van der Waals surface area contributed by atoms with Gasteiger partial charge in [0, 0.05) is 37.8 Å². The lowest BCUT2D eigenvalue weighted by molar-refractivity contribution is -0.384. The fraction of sp³-hybridized carbons (Fsp3) is 0.429. The summed E-state index contributed by atoms with van der Waals surface area (Å²) in [6.45, 7) is 2.74. The highest BCUT2D eigenvalue weighted by Gasteiger charge is 2.20. The number of hydrogen-bond donors (Lipinski definition) is 2. The number of nitrogens with zero attached hydrogens (tertiary/aromatic N) is 2. The molecule has 0 aliphatic rings. The van der Waals surface area contributed by atoms with Crippen molar-refractivity contribution in [2.24, 2.45) is 0 Å². The third-order valence-corrected chi connectivity index (χ3v) is 3.11. The molecule has 1 rings (SSSR count). The monoisotopic (exact) mass is 308 g/mol. The summed E-state index contributed by atoms with van der Waals surface area (Å²) in [5.74, 6) is -0.749. The highest BCUT2D eigenvalue weighted by Crippen LogP contribution is 2.13. The quantitative estimate of drug-likeness (QED) is 0.560. The number of nitro benzene ring substituents is 1. The second kappa shape index (κ2) is 8.08. The van der Waals surface area contributed by atoms with Crippen LogP contribution in [0, 0.1) is 10.1 Å². The van der Waals surface area contributed by atoms with Crippen LogP contribution in [0.25, 0.3) is 0 Å². The van der Waals surface area contributed by atoms with Crippen LogP contribution in [0.3, 0.4) is 0 Å². The molecule has 0 aromatic heterocycles. The molecule has 1 atom stereocenters. The third-order valence-electron chi connectivity index (χ3n) is 3.11. The zero-order valence-corrected chi connectivity index (χ0v) is 12.8. The van der Waals surface area contributed by atoms with Crippen LogP contribution in [-0.4, -0.2) is 54.9 Å². The molecule has 8 heteroatoms. The van der Waals surface area contributed by atoms with Gasteiger partial charge in [-0.15, -0.1) is 0 Å². The molecule has 0 bridgehead atoms. The topological polar surface area (TPSA) is 105 Å². The zero-order valence-electron chi connectivity index (χ0n) is 12.8. The van der Waals surface area contributed by atoms with Crippen LogP contribution in [0.2, 0.25) is 0 Å². The predicted molar refractivity (Wildman–Crippen MR) is 81.6 cm³/mol. The normalized spacial score (nSPS) is 11.6. The molecule has 0 heterocycles. The Balaban J connectivity index is 2.69. The molecule has 8 nitrogen and oxygen atoms in total. The molecule has 2 N–H and O–H groups in total. The van der Waals surface area contributed by atoms with Gasteiger partial charge in [0.15, 0.2) is 0 Å². The molecule has 1 aromatic rings. The average Bonchev–Trinajstić information content (AvgIpc) is 2.51. The van der Waals surface area contributed by atoms with Crippen molar-refractivity contribution < 1.29 is 14.5 Å². The van der Waals surface area contributed by atoms with Gasteiger partial charge >= 0.3 is 0 Å². The van der Waals surface area contributed by atoms with Crippen molar-refractivity contribution in [1.29, 1.82) is 0 Å². The number of carbonyl (C=O) groups is 2. The lowest BCUT2D eigenvalue weighted by atomic mass is 10.1. The molecule has 22 heavy (non-hydrogen) atoms. The van der Waals surface area contributed by atoms with Crippen molar-refractivity contribution in [3.63, 3.8) is 0 Å². The molecule has 0 fully saturated rings. The van der Waals surface area contributed by atoms with E-state index in [0.29, 0.717) is 13.1 Å². The van der Waals surface area contributed by atoms with Crippen molar-refractivity contribution in [3.05, 3.63) is 39.9 Å². The van der Waals surface area contributed by atoms with E-state index in [4.69, 9.17) is 0 Å². The fourth-order valence-corrected chi connectivity index (χ4v) is 1.82. The van der Waals surface area contributed by atoms with E-state index < -0.39 is 16.9 Å². The van der Waals surface area contributed by atoms with E-state index in [1.807, 2.05) is 0 Å². The highest BCUT2D eigenvalue weighted by molar-refractivity contribution is 5.97. The maximum Gasteiger partial charge on any atom is 0.270 e. The van der Waals surface area contributed by atoms with E-state index in [2.05, 4.69) is 10.6 Å². The summed E-state index contributed by atoms with van der Waals surface area (Å²) in [5.41, 5.74) is -0.0236. The van der Waals surface area contributed by atoms with E-state index in [-0.39, 0.29) is 17.2 Å². The average molecular weight is 308 g/mol. The first-order valence-electron chi connectivity index (χ1n) is 6.81. The summed E-state index contributed by atoms with van der Waals surface area (Å²) in [6.07, 6.45) is 0. The summed E-state index contributed by atoms with van der Waals surface area (Å²) >= 11 is 0. The van der Waals surface area contributed by atoms with Crippen LogP contribution < -0.4 is 10.6 Å². The van der Waals surface area contributed by atoms with Crippen LogP contribution in [0.15, 0.2) is 24.3 Å². The number of nitrogens with one attached hydrogen (secondary N) is 2. The molecule has 0 saturated heterocycles. The number of likely N-dealkylation sites (N-methyl/N-ethyl adjacent to an activating group) is 2. The van der Waals surface area contributed by atoms with E-state index in [0.717, 1.165) is 0 Å². The first-order valence-corrected chi connectivity index (χ1v) is 6.81. The molecule has 1 aromatic carbocycles. The van der Waals surface area contributed by atoms with Crippen LogP contribution in [-0.2, 0) is 4.79 Å². The number of benzene rings is 1. The third kappa shape index (κ3) is 4.81. The van der Waals surface area contributed by atoms with Gasteiger partial charge in [-0.1, -0.05) is 6.07 Å². The van der Waals surface area contributed by atoms with E-state index >= 15 is 0 Å². The largest absolute Gasteiger partial charge is 0.343 e. The Morgan fingerprint density at radius 2 is 2.09 bits per heavy atom. The molecule has 0 aliphatic heterocycles. The van der Waals surface area contributed by atoms with Crippen molar-refractivity contribution >= 4 is 17.5 Å². The van der Waals surface area contributed by atoms with Crippen molar-refractivity contribution in [2.45, 2.75) is 13.0 Å². The van der Waals surface area contributed by atoms with Gasteiger partial charge in [0.25, 0.3) is 11.6 Å². The lowest BCUT2D eigenvalue weighted by Gasteiger charge is -2.22. The second-order valence-corrected chi connectivity index (χ2v) is 4.87. The Hall–Kier alpha value is -2.48. The van der Waals surface area contributed by atoms with Crippen LogP contribution in [0.5, 0.6) is 0 Å². The van der Waals surface area contributed by atoms with Gasteiger partial charge in [0.05, 0.1) is 4.92 Å². The number of amides is 2. The van der Waals surface area contributed by atoms with Gasteiger partial charge in [0.2, 0.25) is 5.91 Å². The van der Waals surface area contributed by atoms with Gasteiger partial charge in [-0.05, 0) is 20.0 Å². The molecule has 2 amide bonds. The molecule has 0 radical (unpaired) electrons. The molecular weight excluding hydrogens is 288 g/mol. The summed E-state index contributed by atoms with van der Waals surface area (Å²) in [4.78, 5) is 35.8. The Kier molecular flexibility index (Phi) is 6.46. The first kappa shape index (κ1) is 17.6. The highest BCUT2D eigenvalue weighted by atomic mass is 16.6. The molecule has 0 spiro atoms. The smallest absolute Gasteiger partial charge is 0.270 e. The maximum atomic E-state index is 12.1. The van der Waals surface area contributed by atoms with Crippen LogP contribution >= 0.6 is 0 Å². The van der Waals surface area contributed by atoms with Crippen LogP contribution in [0.1, 0.15) is 17.3 Å². The summed E-state index contributed by atoms with van der Waals surface area (Å²) in [7, 11) is 3.43. The SMILES string of the molecule is CNCCN(C)C(=O)C(C)NC(=O)c1cccc([N+](=O)[O-])c1. The Morgan fingerprint density at radius 3 is 2.68 bits per heavy atom. The fourth-order valence-electron chi connectivity index (χ4n) is 1.82. The molecule has 0 aliphatic carbocycles. The van der Waals surface area contributed by atoms with Gasteiger partial charge in [-0.2, -0.15) is 0 Å². The minimum absolute atomic E-state index is 0.145. The van der Waals surface area contributed by atoms with Crippen LogP contribution in [0.4, 0.5) is 5.69 Å². The van der Waals surface area contributed by atoms with Gasteiger partial charge < -0.3 is 15.5 Å². The standard InChI is InChI=1S/C14H20N4O4/c1-10(14(20)17(3)8-7-15-2)16-13(19)11-5-4-6-12(9-11)18(21)22/h4-6,9-10,15H,7-8H2,1-3H3,(H,16,19). The van der Waals surface area contributed by atoms with Gasteiger partial charge in [-0.25, -0.2) is 0 Å². The van der Waals surface area contributed by atoms with Crippen molar-refractivity contribution in [2.75, 3.05) is 27.2 Å². The van der Waals surface area contributed by atoms with Crippen molar-refractivity contribution in [1.82, 2.24) is 15.5 Å². The van der Waals surface area contributed by atoms with E-state index in [1.165, 1.54) is 29.2 Å². The summed E-state index contributed by atoms with van der Waals surface area (Å²) < 4.78 is 0. The van der Waals surface area contributed by atoms with Gasteiger partial charge in [0.1, 0.15) is 6.04 Å². The van der Waals surface area contributed by atoms with Crippen molar-refractivity contribution in [3.8, 4) is 0 Å². The second-order valence-electron chi connectivity index (χ2n) is 4.87. The van der Waals surface area contributed by atoms with E-state index in [9.17, 15) is 19.7 Å². The Bertz CT molecular complexity index is 562. The Labute approximate surface area is 128 Å². The molecule has 120 valence electrons. The molecule has 1 unspecified atom stereocenters. The number of hydrogen-bond acceptors (Lipinski definition) is 5. The lowest BCUT2D eigenvalue weighted by Crippen LogP contribution is -2.46. The number of non-ortho nitro benzene ring substituents is 1. The predicted octanol–water partition coefficient (Wildman–Crippen LogP) is 0.391. The minimum atomic E-state index is -0.714. The van der Waals surface area contributed by atoms with Gasteiger partial charge in [-0.3, -0.25) is 19.7 Å². The Morgan fingerprint density at radius 1 is 1.41 bits per heavy atom. The minimum Gasteiger partial charge on any atom is -0.343 e. The summed E-state index contributed by atoms with van der Waals surface area (Å²) in [6, 6.07) is 4.66. The maximum absolute atomic E-state index is 12.1. The summed E-state index contributed by atoms with van der Waals surface area (Å²) in [5, 5.41) is 16.2. The molecular formula is C14H20N4O4.